The van der Waals surface area contributed by atoms with Crippen LogP contribution < -0.4 is 15.5 Å². The van der Waals surface area contributed by atoms with Gasteiger partial charge in [-0.2, -0.15) is 0 Å². The average molecular weight is 488 g/mol. The van der Waals surface area contributed by atoms with E-state index in [0.29, 0.717) is 28.2 Å². The van der Waals surface area contributed by atoms with Crippen LogP contribution in [0.4, 0.5) is 17.1 Å². The van der Waals surface area contributed by atoms with E-state index in [2.05, 4.69) is 10.6 Å². The summed E-state index contributed by atoms with van der Waals surface area (Å²) in [5, 5.41) is 5.43. The molecule has 1 aliphatic rings. The fraction of sp³-hybridized carbons (Fsp3) is 0.111. The van der Waals surface area contributed by atoms with E-state index in [4.69, 9.17) is 11.6 Å². The number of aryl methyl sites for hydroxylation is 2. The smallest absolute Gasteiger partial charge is 0.283 e. The third-order valence-electron chi connectivity index (χ3n) is 5.44. The second-order valence-corrected chi connectivity index (χ2v) is 8.65. The summed E-state index contributed by atoms with van der Waals surface area (Å²) < 4.78 is 0. The van der Waals surface area contributed by atoms with Crippen LogP contribution in [0, 0.1) is 13.8 Å². The molecular formula is C27H22ClN3O4. The number of hydrogen-bond acceptors (Lipinski definition) is 5. The zero-order valence-corrected chi connectivity index (χ0v) is 20.1. The van der Waals surface area contributed by atoms with Gasteiger partial charge in [-0.05, 0) is 86.5 Å². The lowest BCUT2D eigenvalue weighted by Crippen LogP contribution is -2.32. The Morgan fingerprint density at radius 3 is 2.09 bits per heavy atom. The van der Waals surface area contributed by atoms with Gasteiger partial charge in [0.15, 0.2) is 5.78 Å². The number of nitrogens with zero attached hydrogens (tertiary/aromatic N) is 1. The van der Waals surface area contributed by atoms with Crippen LogP contribution in [0.2, 0.25) is 0 Å². The second-order valence-electron chi connectivity index (χ2n) is 8.27. The first-order valence-corrected chi connectivity index (χ1v) is 11.2. The molecule has 7 nitrogen and oxygen atoms in total. The summed E-state index contributed by atoms with van der Waals surface area (Å²) in [5.41, 5.74) is 4.02. The maximum atomic E-state index is 13.1. The molecule has 0 spiro atoms. The Labute approximate surface area is 207 Å². The number of amides is 3. The SMILES string of the molecule is CC(=O)c1ccc(NC(=O)c2cccc(NC3=C(Cl)C(=O)N(c4cc(C)cc(C)c4)C3=O)c2)cc1. The van der Waals surface area contributed by atoms with Gasteiger partial charge in [0.2, 0.25) is 0 Å². The van der Waals surface area contributed by atoms with Crippen LogP contribution in [0.15, 0.2) is 77.5 Å². The second kappa shape index (κ2) is 9.56. The fourth-order valence-electron chi connectivity index (χ4n) is 3.80. The molecule has 0 radical (unpaired) electrons. The Bertz CT molecular complexity index is 1390. The minimum absolute atomic E-state index is 0.0618. The number of rotatable bonds is 6. The molecule has 3 aromatic carbocycles. The summed E-state index contributed by atoms with van der Waals surface area (Å²) >= 11 is 6.24. The standard InChI is InChI=1S/C27H22ClN3O4/c1-15-11-16(2)13-22(12-15)31-26(34)23(28)24(27(31)35)29-21-6-4-5-19(14-21)25(33)30-20-9-7-18(8-10-20)17(3)32/h4-14,29H,1-3H3,(H,30,33). The van der Waals surface area contributed by atoms with E-state index in [0.717, 1.165) is 16.0 Å². The van der Waals surface area contributed by atoms with Gasteiger partial charge in [-0.25, -0.2) is 4.90 Å². The normalized spacial score (nSPS) is 13.3. The summed E-state index contributed by atoms with van der Waals surface area (Å²) in [6.07, 6.45) is 0. The maximum absolute atomic E-state index is 13.1. The number of carbonyl (C=O) groups excluding carboxylic acids is 4. The van der Waals surface area contributed by atoms with Crippen molar-refractivity contribution in [3.8, 4) is 0 Å². The van der Waals surface area contributed by atoms with Gasteiger partial charge >= 0.3 is 0 Å². The van der Waals surface area contributed by atoms with Crippen LogP contribution in [-0.2, 0) is 9.59 Å². The van der Waals surface area contributed by atoms with Crippen LogP contribution in [0.1, 0.15) is 38.8 Å². The summed E-state index contributed by atoms with van der Waals surface area (Å²) in [5.74, 6) is -1.64. The zero-order chi connectivity index (χ0) is 25.3. The van der Waals surface area contributed by atoms with E-state index in [1.54, 1.807) is 60.7 Å². The van der Waals surface area contributed by atoms with Crippen molar-refractivity contribution in [2.75, 3.05) is 15.5 Å². The fourth-order valence-corrected chi connectivity index (χ4v) is 4.01. The van der Waals surface area contributed by atoms with Gasteiger partial charge in [0.25, 0.3) is 17.7 Å². The minimum Gasteiger partial charge on any atom is -0.350 e. The summed E-state index contributed by atoms with van der Waals surface area (Å²) in [7, 11) is 0. The van der Waals surface area contributed by atoms with E-state index in [-0.39, 0.29) is 22.4 Å². The largest absolute Gasteiger partial charge is 0.350 e. The van der Waals surface area contributed by atoms with Gasteiger partial charge in [0.05, 0.1) is 5.69 Å². The monoisotopic (exact) mass is 487 g/mol. The van der Waals surface area contributed by atoms with Crippen LogP contribution >= 0.6 is 11.6 Å². The molecule has 1 aliphatic heterocycles. The molecule has 1 heterocycles. The molecule has 0 saturated heterocycles. The van der Waals surface area contributed by atoms with E-state index in [9.17, 15) is 19.2 Å². The number of hydrogen-bond donors (Lipinski definition) is 2. The molecule has 35 heavy (non-hydrogen) atoms. The molecule has 2 N–H and O–H groups in total. The topological polar surface area (TPSA) is 95.6 Å². The third kappa shape index (κ3) is 5.00. The van der Waals surface area contributed by atoms with Crippen molar-refractivity contribution in [2.45, 2.75) is 20.8 Å². The zero-order valence-electron chi connectivity index (χ0n) is 19.3. The molecule has 0 aliphatic carbocycles. The molecule has 0 fully saturated rings. The molecule has 0 aromatic heterocycles. The van der Waals surface area contributed by atoms with Crippen LogP contribution in [0.5, 0.6) is 0 Å². The van der Waals surface area contributed by atoms with Crippen molar-refractivity contribution >= 4 is 52.2 Å². The number of benzene rings is 3. The number of carbonyl (C=O) groups is 4. The highest BCUT2D eigenvalue weighted by Crippen LogP contribution is 2.31. The summed E-state index contributed by atoms with van der Waals surface area (Å²) in [6.45, 7) is 5.23. The van der Waals surface area contributed by atoms with Crippen LogP contribution in [-0.4, -0.2) is 23.5 Å². The maximum Gasteiger partial charge on any atom is 0.283 e. The first-order chi connectivity index (χ1) is 16.6. The molecule has 3 amide bonds. The number of anilines is 3. The van der Waals surface area contributed by atoms with E-state index >= 15 is 0 Å². The number of ketones is 1. The summed E-state index contributed by atoms with van der Waals surface area (Å²) in [4.78, 5) is 51.0. The van der Waals surface area contributed by atoms with Gasteiger partial charge < -0.3 is 10.6 Å². The predicted octanol–water partition coefficient (Wildman–Crippen LogP) is 5.19. The van der Waals surface area contributed by atoms with Crippen molar-refractivity contribution in [3.05, 3.63) is 99.7 Å². The Kier molecular flexibility index (Phi) is 6.53. The van der Waals surface area contributed by atoms with Crippen LogP contribution in [0.25, 0.3) is 0 Å². The molecular weight excluding hydrogens is 466 g/mol. The summed E-state index contributed by atoms with van der Waals surface area (Å²) in [6, 6.07) is 18.4. The first-order valence-electron chi connectivity index (χ1n) is 10.8. The van der Waals surface area contributed by atoms with Crippen molar-refractivity contribution in [3.63, 3.8) is 0 Å². The molecule has 0 unspecified atom stereocenters. The van der Waals surface area contributed by atoms with Crippen molar-refractivity contribution in [2.24, 2.45) is 0 Å². The third-order valence-corrected chi connectivity index (χ3v) is 5.79. The van der Waals surface area contributed by atoms with Gasteiger partial charge in [-0.15, -0.1) is 0 Å². The highest BCUT2D eigenvalue weighted by Gasteiger charge is 2.39. The van der Waals surface area contributed by atoms with E-state index < -0.39 is 11.8 Å². The van der Waals surface area contributed by atoms with E-state index in [1.807, 2.05) is 19.9 Å². The van der Waals surface area contributed by atoms with Gasteiger partial charge in [-0.1, -0.05) is 23.7 Å². The lowest BCUT2D eigenvalue weighted by atomic mass is 10.1. The quantitative estimate of drug-likeness (QED) is 0.368. The first kappa shape index (κ1) is 23.9. The predicted molar refractivity (Wildman–Crippen MR) is 136 cm³/mol. The Morgan fingerprint density at radius 2 is 1.46 bits per heavy atom. The number of halogens is 1. The number of imide groups is 1. The molecule has 8 heteroatoms. The molecule has 3 aromatic rings. The average Bonchev–Trinajstić information content (AvgIpc) is 3.02. The number of Topliss-reactive ketones (excluding diaryl/α,β-unsaturated/α-hetero) is 1. The lowest BCUT2D eigenvalue weighted by Gasteiger charge is -2.16. The van der Waals surface area contributed by atoms with Gasteiger partial charge in [-0.3, -0.25) is 19.2 Å². The Morgan fingerprint density at radius 1 is 0.800 bits per heavy atom. The number of nitrogens with one attached hydrogen (secondary N) is 2. The van der Waals surface area contributed by atoms with Crippen molar-refractivity contribution in [1.29, 1.82) is 0 Å². The Hall–Kier alpha value is -4.23. The van der Waals surface area contributed by atoms with Gasteiger partial charge in [0.1, 0.15) is 10.7 Å². The van der Waals surface area contributed by atoms with Gasteiger partial charge in [0, 0.05) is 22.5 Å². The molecule has 0 atom stereocenters. The van der Waals surface area contributed by atoms with Crippen molar-refractivity contribution < 1.29 is 19.2 Å². The van der Waals surface area contributed by atoms with Crippen LogP contribution in [0.3, 0.4) is 0 Å². The Balaban J connectivity index is 1.52. The highest BCUT2D eigenvalue weighted by atomic mass is 35.5. The lowest BCUT2D eigenvalue weighted by molar-refractivity contribution is -0.120. The van der Waals surface area contributed by atoms with E-state index in [1.165, 1.54) is 6.92 Å². The minimum atomic E-state index is -0.618. The molecule has 176 valence electrons. The highest BCUT2D eigenvalue weighted by molar-refractivity contribution is 6.53. The molecule has 0 bridgehead atoms. The molecule has 4 rings (SSSR count). The van der Waals surface area contributed by atoms with Crippen molar-refractivity contribution in [1.82, 2.24) is 0 Å². The molecule has 0 saturated carbocycles.